The number of benzene rings is 3. The van der Waals surface area contributed by atoms with E-state index in [9.17, 15) is 14.7 Å². The summed E-state index contributed by atoms with van der Waals surface area (Å²) in [6, 6.07) is 18.6. The SMILES string of the molecule is Cc1ccc(C(=O)O)cc1N1C(=O)/C(=C/c2cccc3ccccc23)SC1=S. The number of thiocarbonyl (C=S) groups is 1. The molecule has 4 rings (SSSR count). The average molecular weight is 406 g/mol. The van der Waals surface area contributed by atoms with Crippen molar-refractivity contribution in [2.45, 2.75) is 6.92 Å². The quantitative estimate of drug-likeness (QED) is 0.476. The highest BCUT2D eigenvalue weighted by Gasteiger charge is 2.34. The van der Waals surface area contributed by atoms with E-state index in [0.29, 0.717) is 14.9 Å². The lowest BCUT2D eigenvalue weighted by molar-refractivity contribution is -0.113. The molecule has 1 N–H and O–H groups in total. The molecule has 0 radical (unpaired) electrons. The van der Waals surface area contributed by atoms with Crippen LogP contribution in [0, 0.1) is 6.92 Å². The first-order chi connectivity index (χ1) is 13.5. The molecule has 0 saturated carbocycles. The maximum Gasteiger partial charge on any atom is 0.335 e. The number of thioether (sulfide) groups is 1. The first kappa shape index (κ1) is 18.4. The highest BCUT2D eigenvalue weighted by atomic mass is 32.2. The normalized spacial score (nSPS) is 15.6. The number of nitrogens with zero attached hydrogens (tertiary/aromatic N) is 1. The Bertz CT molecular complexity index is 1180. The van der Waals surface area contributed by atoms with Crippen LogP contribution >= 0.6 is 24.0 Å². The lowest BCUT2D eigenvalue weighted by atomic mass is 10.0. The van der Waals surface area contributed by atoms with Gasteiger partial charge < -0.3 is 5.11 Å². The van der Waals surface area contributed by atoms with Crippen LogP contribution in [0.5, 0.6) is 0 Å². The topological polar surface area (TPSA) is 57.6 Å². The molecule has 1 fully saturated rings. The van der Waals surface area contributed by atoms with Crippen molar-refractivity contribution in [3.8, 4) is 0 Å². The molecule has 0 aliphatic carbocycles. The van der Waals surface area contributed by atoms with E-state index in [-0.39, 0.29) is 11.5 Å². The maximum atomic E-state index is 13.1. The fourth-order valence-electron chi connectivity index (χ4n) is 3.18. The summed E-state index contributed by atoms with van der Waals surface area (Å²) in [6.07, 6.45) is 1.85. The Kier molecular flexibility index (Phi) is 4.75. The molecule has 6 heteroatoms. The molecule has 3 aromatic carbocycles. The van der Waals surface area contributed by atoms with Gasteiger partial charge in [0.1, 0.15) is 0 Å². The number of anilines is 1. The van der Waals surface area contributed by atoms with Crippen molar-refractivity contribution in [3.05, 3.63) is 82.3 Å². The van der Waals surface area contributed by atoms with E-state index in [4.69, 9.17) is 12.2 Å². The van der Waals surface area contributed by atoms with E-state index < -0.39 is 5.97 Å². The molecular formula is C22H15NO3S2. The monoisotopic (exact) mass is 405 g/mol. The molecule has 1 heterocycles. The number of rotatable bonds is 3. The minimum absolute atomic E-state index is 0.118. The number of carbonyl (C=O) groups excluding carboxylic acids is 1. The molecule has 1 saturated heterocycles. The zero-order valence-electron chi connectivity index (χ0n) is 14.9. The summed E-state index contributed by atoms with van der Waals surface area (Å²) >= 11 is 6.66. The Morgan fingerprint density at radius 1 is 1.11 bits per heavy atom. The van der Waals surface area contributed by atoms with Gasteiger partial charge in [-0.2, -0.15) is 0 Å². The molecule has 4 nitrogen and oxygen atoms in total. The van der Waals surface area contributed by atoms with Gasteiger partial charge in [0, 0.05) is 0 Å². The van der Waals surface area contributed by atoms with Crippen molar-refractivity contribution in [1.29, 1.82) is 0 Å². The number of carbonyl (C=O) groups is 2. The number of hydrogen-bond acceptors (Lipinski definition) is 4. The van der Waals surface area contributed by atoms with E-state index in [1.807, 2.05) is 55.5 Å². The predicted molar refractivity (Wildman–Crippen MR) is 118 cm³/mol. The predicted octanol–water partition coefficient (Wildman–Crippen LogP) is 5.25. The van der Waals surface area contributed by atoms with Crippen LogP contribution in [0.3, 0.4) is 0 Å². The molecule has 1 amide bonds. The molecule has 28 heavy (non-hydrogen) atoms. The van der Waals surface area contributed by atoms with Crippen LogP contribution in [-0.2, 0) is 4.79 Å². The number of amides is 1. The maximum absolute atomic E-state index is 13.1. The Morgan fingerprint density at radius 3 is 2.64 bits per heavy atom. The van der Waals surface area contributed by atoms with Crippen molar-refractivity contribution < 1.29 is 14.7 Å². The van der Waals surface area contributed by atoms with Crippen LogP contribution in [0.1, 0.15) is 21.5 Å². The smallest absolute Gasteiger partial charge is 0.335 e. The van der Waals surface area contributed by atoms with Gasteiger partial charge in [-0.15, -0.1) is 0 Å². The average Bonchev–Trinajstić information content (AvgIpc) is 2.96. The number of hydrogen-bond donors (Lipinski definition) is 1. The molecule has 0 spiro atoms. The zero-order chi connectivity index (χ0) is 19.8. The standard InChI is InChI=1S/C22H15NO3S2/c1-13-9-10-16(21(25)26)11-18(13)23-20(24)19(28-22(23)27)12-15-7-4-6-14-5-2-3-8-17(14)15/h2-12H,1H3,(H,25,26)/b19-12-. The molecule has 0 bridgehead atoms. The zero-order valence-corrected chi connectivity index (χ0v) is 16.5. The number of carboxylic acids is 1. The lowest BCUT2D eigenvalue weighted by Gasteiger charge is -2.17. The van der Waals surface area contributed by atoms with Gasteiger partial charge in [0.25, 0.3) is 5.91 Å². The minimum Gasteiger partial charge on any atom is -0.478 e. The summed E-state index contributed by atoms with van der Waals surface area (Å²) in [4.78, 5) is 26.3. The lowest BCUT2D eigenvalue weighted by Crippen LogP contribution is -2.28. The van der Waals surface area contributed by atoms with E-state index >= 15 is 0 Å². The van der Waals surface area contributed by atoms with Crippen LogP contribution in [0.15, 0.2) is 65.6 Å². The van der Waals surface area contributed by atoms with Crippen molar-refractivity contribution in [1.82, 2.24) is 0 Å². The Labute approximate surface area is 171 Å². The first-order valence-corrected chi connectivity index (χ1v) is 9.78. The third-order valence-corrected chi connectivity index (χ3v) is 5.90. The van der Waals surface area contributed by atoms with Gasteiger partial charge in [0.2, 0.25) is 0 Å². The van der Waals surface area contributed by atoms with E-state index in [2.05, 4.69) is 0 Å². The minimum atomic E-state index is -1.04. The number of aryl methyl sites for hydroxylation is 1. The van der Waals surface area contributed by atoms with Crippen molar-refractivity contribution in [2.24, 2.45) is 0 Å². The Balaban J connectivity index is 1.77. The van der Waals surface area contributed by atoms with Gasteiger partial charge in [-0.05, 0) is 47.0 Å². The Morgan fingerprint density at radius 2 is 1.86 bits per heavy atom. The molecule has 0 unspecified atom stereocenters. The summed E-state index contributed by atoms with van der Waals surface area (Å²) in [6.45, 7) is 1.83. The highest BCUT2D eigenvalue weighted by molar-refractivity contribution is 8.27. The van der Waals surface area contributed by atoms with Crippen LogP contribution in [0.2, 0.25) is 0 Å². The highest BCUT2D eigenvalue weighted by Crippen LogP contribution is 2.38. The molecule has 138 valence electrons. The number of aromatic carboxylic acids is 1. The van der Waals surface area contributed by atoms with Crippen molar-refractivity contribution in [2.75, 3.05) is 4.90 Å². The molecular weight excluding hydrogens is 390 g/mol. The van der Waals surface area contributed by atoms with E-state index in [1.54, 1.807) is 6.07 Å². The third kappa shape index (κ3) is 3.21. The van der Waals surface area contributed by atoms with Crippen molar-refractivity contribution in [3.63, 3.8) is 0 Å². The van der Waals surface area contributed by atoms with E-state index in [1.165, 1.54) is 28.8 Å². The van der Waals surface area contributed by atoms with Gasteiger partial charge in [0.05, 0.1) is 16.2 Å². The first-order valence-electron chi connectivity index (χ1n) is 8.55. The number of fused-ring (bicyclic) bond motifs is 1. The number of carboxylic acid groups (broad SMARTS) is 1. The largest absolute Gasteiger partial charge is 0.478 e. The van der Waals surface area contributed by atoms with Crippen LogP contribution in [-0.4, -0.2) is 21.3 Å². The molecule has 1 aliphatic heterocycles. The van der Waals surface area contributed by atoms with Gasteiger partial charge in [-0.1, -0.05) is 72.5 Å². The molecule has 1 aliphatic rings. The van der Waals surface area contributed by atoms with Gasteiger partial charge in [0.15, 0.2) is 4.32 Å². The summed E-state index contributed by atoms with van der Waals surface area (Å²) in [7, 11) is 0. The fourth-order valence-corrected chi connectivity index (χ4v) is 4.45. The molecule has 3 aromatic rings. The molecule has 0 atom stereocenters. The van der Waals surface area contributed by atoms with Gasteiger partial charge in [-0.3, -0.25) is 9.69 Å². The summed E-state index contributed by atoms with van der Waals surface area (Å²) in [5.41, 5.74) is 2.35. The summed E-state index contributed by atoms with van der Waals surface area (Å²) < 4.78 is 0.391. The fraction of sp³-hybridized carbons (Fsp3) is 0.0455. The summed E-state index contributed by atoms with van der Waals surface area (Å²) in [5, 5.41) is 11.4. The van der Waals surface area contributed by atoms with Crippen molar-refractivity contribution >= 4 is 62.7 Å². The second-order valence-corrected chi connectivity index (χ2v) is 8.07. The summed E-state index contributed by atoms with van der Waals surface area (Å²) in [5.74, 6) is -1.29. The van der Waals surface area contributed by atoms with Crippen LogP contribution in [0.4, 0.5) is 5.69 Å². The van der Waals surface area contributed by atoms with Crippen LogP contribution in [0.25, 0.3) is 16.8 Å². The Hall–Kier alpha value is -2.96. The van der Waals surface area contributed by atoms with Crippen LogP contribution < -0.4 is 4.90 Å². The third-order valence-electron chi connectivity index (χ3n) is 4.60. The second kappa shape index (κ2) is 7.22. The second-order valence-electron chi connectivity index (χ2n) is 6.39. The van der Waals surface area contributed by atoms with Gasteiger partial charge >= 0.3 is 5.97 Å². The van der Waals surface area contributed by atoms with E-state index in [0.717, 1.165) is 21.9 Å². The van der Waals surface area contributed by atoms with Gasteiger partial charge in [-0.25, -0.2) is 4.79 Å². The molecule has 0 aromatic heterocycles.